The number of piperidine rings is 1. The van der Waals surface area contributed by atoms with Crippen molar-refractivity contribution in [2.24, 2.45) is 5.92 Å². The first kappa shape index (κ1) is 16.8. The van der Waals surface area contributed by atoms with E-state index in [-0.39, 0.29) is 11.8 Å². The van der Waals surface area contributed by atoms with Crippen molar-refractivity contribution < 1.29 is 4.79 Å². The number of hydrogen-bond donors (Lipinski definition) is 1. The summed E-state index contributed by atoms with van der Waals surface area (Å²) in [6, 6.07) is 1.97. The van der Waals surface area contributed by atoms with Crippen LogP contribution in [0.2, 0.25) is 0 Å². The highest BCUT2D eigenvalue weighted by Crippen LogP contribution is 2.21. The molecule has 1 aliphatic rings. The monoisotopic (exact) mass is 345 g/mol. The second-order valence-electron chi connectivity index (χ2n) is 6.20. The molecule has 128 valence electrons. The minimum absolute atomic E-state index is 0.000497. The molecule has 6 nitrogen and oxygen atoms in total. The van der Waals surface area contributed by atoms with Gasteiger partial charge in [0.1, 0.15) is 0 Å². The van der Waals surface area contributed by atoms with Gasteiger partial charge in [0, 0.05) is 49.0 Å². The molecule has 0 saturated carbocycles. The summed E-state index contributed by atoms with van der Waals surface area (Å²) < 4.78 is 0. The number of nitrogens with one attached hydrogen (secondary N) is 1. The van der Waals surface area contributed by atoms with Crippen molar-refractivity contribution in [3.8, 4) is 0 Å². The fourth-order valence-electron chi connectivity index (χ4n) is 3.03. The highest BCUT2D eigenvalue weighted by Gasteiger charge is 2.27. The number of anilines is 1. The Balaban J connectivity index is 1.55. The first-order chi connectivity index (χ1) is 11.6. The highest BCUT2D eigenvalue weighted by atomic mass is 32.1. The molecular weight excluding hydrogens is 322 g/mol. The van der Waals surface area contributed by atoms with Crippen LogP contribution in [0.5, 0.6) is 0 Å². The van der Waals surface area contributed by atoms with Gasteiger partial charge in [-0.15, -0.1) is 11.3 Å². The number of amides is 1. The molecule has 0 unspecified atom stereocenters. The maximum absolute atomic E-state index is 12.4. The Labute approximate surface area is 146 Å². The van der Waals surface area contributed by atoms with Gasteiger partial charge >= 0.3 is 0 Å². The van der Waals surface area contributed by atoms with Crippen LogP contribution in [0.1, 0.15) is 29.2 Å². The van der Waals surface area contributed by atoms with Crippen LogP contribution in [-0.4, -0.2) is 40.5 Å². The molecule has 0 aliphatic carbocycles. The van der Waals surface area contributed by atoms with Gasteiger partial charge in [0.25, 0.3) is 0 Å². The Bertz CT molecular complexity index is 668. The van der Waals surface area contributed by atoms with Crippen molar-refractivity contribution in [1.29, 1.82) is 0 Å². The molecule has 0 spiro atoms. The zero-order valence-electron chi connectivity index (χ0n) is 14.2. The average Bonchev–Trinajstić information content (AvgIpc) is 3.07. The van der Waals surface area contributed by atoms with Crippen LogP contribution in [-0.2, 0) is 11.2 Å². The zero-order chi connectivity index (χ0) is 16.9. The van der Waals surface area contributed by atoms with E-state index in [4.69, 9.17) is 0 Å². The lowest BCUT2D eigenvalue weighted by molar-refractivity contribution is -0.125. The van der Waals surface area contributed by atoms with E-state index in [0.29, 0.717) is 13.1 Å². The number of carbonyl (C=O) groups is 1. The summed E-state index contributed by atoms with van der Waals surface area (Å²) in [5, 5.41) is 6.06. The lowest BCUT2D eigenvalue weighted by atomic mass is 9.97. The number of aromatic nitrogens is 3. The number of nitrogens with zero attached hydrogens (tertiary/aromatic N) is 4. The fraction of sp³-hybridized carbons (Fsp3) is 0.529. The molecule has 2 aromatic rings. The molecular formula is C17H23N5OS. The van der Waals surface area contributed by atoms with Gasteiger partial charge in [0.05, 0.1) is 10.9 Å². The molecule has 1 saturated heterocycles. The third-order valence-corrected chi connectivity index (χ3v) is 5.01. The largest absolute Gasteiger partial charge is 0.355 e. The molecule has 0 radical (unpaired) electrons. The molecule has 1 aliphatic heterocycles. The quantitative estimate of drug-likeness (QED) is 0.899. The summed E-state index contributed by atoms with van der Waals surface area (Å²) in [5.74, 6) is 0.868. The Morgan fingerprint density at radius 1 is 1.38 bits per heavy atom. The van der Waals surface area contributed by atoms with Gasteiger partial charge in [-0.2, -0.15) is 0 Å². The molecule has 1 amide bonds. The first-order valence-corrected chi connectivity index (χ1v) is 9.23. The number of carbonyl (C=O) groups excluding carboxylic acids is 1. The molecule has 3 heterocycles. The molecule has 1 fully saturated rings. The Morgan fingerprint density at radius 3 is 2.88 bits per heavy atom. The van der Waals surface area contributed by atoms with Gasteiger partial charge in [0.2, 0.25) is 11.9 Å². The van der Waals surface area contributed by atoms with Crippen molar-refractivity contribution in [3.63, 3.8) is 0 Å². The van der Waals surface area contributed by atoms with Gasteiger partial charge in [0.15, 0.2) is 0 Å². The average molecular weight is 345 g/mol. The van der Waals surface area contributed by atoms with Crippen LogP contribution in [0.3, 0.4) is 0 Å². The third kappa shape index (κ3) is 4.29. The molecule has 1 atom stereocenters. The fourth-order valence-corrected chi connectivity index (χ4v) is 3.66. The van der Waals surface area contributed by atoms with Gasteiger partial charge in [-0.05, 0) is 32.8 Å². The summed E-state index contributed by atoms with van der Waals surface area (Å²) in [7, 11) is 0. The van der Waals surface area contributed by atoms with Crippen LogP contribution >= 0.6 is 11.3 Å². The van der Waals surface area contributed by atoms with Crippen LogP contribution in [0.25, 0.3) is 0 Å². The molecule has 0 bridgehead atoms. The topological polar surface area (TPSA) is 71.0 Å². The molecule has 7 heteroatoms. The summed E-state index contributed by atoms with van der Waals surface area (Å²) in [6.07, 6.45) is 4.50. The zero-order valence-corrected chi connectivity index (χ0v) is 15.0. The van der Waals surface area contributed by atoms with Crippen LogP contribution in [0, 0.1) is 19.8 Å². The van der Waals surface area contributed by atoms with Crippen molar-refractivity contribution in [2.45, 2.75) is 33.1 Å². The minimum atomic E-state index is -0.000497. The van der Waals surface area contributed by atoms with Crippen molar-refractivity contribution in [1.82, 2.24) is 20.3 Å². The molecule has 2 aromatic heterocycles. The third-order valence-electron chi connectivity index (χ3n) is 4.17. The SMILES string of the molecule is Cc1cc(C)nc(N2CCC[C@@H](C(=O)NCCc3nccs3)C2)n1. The predicted octanol–water partition coefficient (Wildman–Crippen LogP) is 2.13. The summed E-state index contributed by atoms with van der Waals surface area (Å²) in [5.41, 5.74) is 1.93. The molecule has 0 aromatic carbocycles. The minimum Gasteiger partial charge on any atom is -0.355 e. The standard InChI is InChI=1S/C17H23N5OS/c1-12-10-13(2)21-17(20-12)22-8-3-4-14(11-22)16(23)19-6-5-15-18-7-9-24-15/h7,9-10,14H,3-6,8,11H2,1-2H3,(H,19,23)/t14-/m1/s1. The first-order valence-electron chi connectivity index (χ1n) is 8.35. The molecule has 24 heavy (non-hydrogen) atoms. The van der Waals surface area contributed by atoms with Gasteiger partial charge in [-0.3, -0.25) is 4.79 Å². The van der Waals surface area contributed by atoms with Crippen molar-refractivity contribution >= 4 is 23.2 Å². The summed E-state index contributed by atoms with van der Waals surface area (Å²) >= 11 is 1.62. The Hall–Kier alpha value is -2.02. The molecule has 3 rings (SSSR count). The number of aryl methyl sites for hydroxylation is 2. The lowest BCUT2D eigenvalue weighted by Gasteiger charge is -2.32. The summed E-state index contributed by atoms with van der Waals surface area (Å²) in [4.78, 5) is 27.9. The Kier molecular flexibility index (Phi) is 5.40. The van der Waals surface area contributed by atoms with Crippen LogP contribution in [0.15, 0.2) is 17.6 Å². The van der Waals surface area contributed by atoms with Crippen molar-refractivity contribution in [2.75, 3.05) is 24.5 Å². The second kappa shape index (κ2) is 7.70. The van der Waals surface area contributed by atoms with E-state index < -0.39 is 0 Å². The van der Waals surface area contributed by atoms with Gasteiger partial charge in [-0.25, -0.2) is 15.0 Å². The number of thiazole rings is 1. The normalized spacial score (nSPS) is 17.8. The van der Waals surface area contributed by atoms with E-state index in [1.54, 1.807) is 17.5 Å². The van der Waals surface area contributed by atoms with Gasteiger partial charge in [-0.1, -0.05) is 0 Å². The van der Waals surface area contributed by atoms with E-state index in [0.717, 1.165) is 48.2 Å². The lowest BCUT2D eigenvalue weighted by Crippen LogP contribution is -2.44. The summed E-state index contributed by atoms with van der Waals surface area (Å²) in [6.45, 7) is 6.19. The van der Waals surface area contributed by atoms with Crippen molar-refractivity contribution in [3.05, 3.63) is 34.0 Å². The maximum atomic E-state index is 12.4. The van der Waals surface area contributed by atoms with E-state index in [1.165, 1.54) is 0 Å². The van der Waals surface area contributed by atoms with E-state index >= 15 is 0 Å². The number of hydrogen-bond acceptors (Lipinski definition) is 6. The smallest absolute Gasteiger partial charge is 0.225 e. The van der Waals surface area contributed by atoms with Gasteiger partial charge < -0.3 is 10.2 Å². The van der Waals surface area contributed by atoms with Crippen LogP contribution < -0.4 is 10.2 Å². The maximum Gasteiger partial charge on any atom is 0.225 e. The van der Waals surface area contributed by atoms with E-state index in [1.807, 2.05) is 25.3 Å². The second-order valence-corrected chi connectivity index (χ2v) is 7.18. The predicted molar refractivity (Wildman–Crippen MR) is 95.3 cm³/mol. The van der Waals surface area contributed by atoms with E-state index in [2.05, 4.69) is 25.2 Å². The molecule has 1 N–H and O–H groups in total. The van der Waals surface area contributed by atoms with E-state index in [9.17, 15) is 4.79 Å². The van der Waals surface area contributed by atoms with Crippen LogP contribution in [0.4, 0.5) is 5.95 Å². The number of rotatable bonds is 5. The Morgan fingerprint density at radius 2 is 2.17 bits per heavy atom. The highest BCUT2D eigenvalue weighted by molar-refractivity contribution is 7.09.